The Hall–Kier alpha value is -1.37. The first-order chi connectivity index (χ1) is 9.79. The number of aliphatic hydroxyl groups excluding tert-OH is 1. The Kier molecular flexibility index (Phi) is 6.39. The van der Waals surface area contributed by atoms with Crippen molar-refractivity contribution in [3.63, 3.8) is 0 Å². The topological polar surface area (TPSA) is 83.7 Å². The predicted molar refractivity (Wildman–Crippen MR) is 81.0 cm³/mol. The second-order valence-corrected chi connectivity index (χ2v) is 5.50. The summed E-state index contributed by atoms with van der Waals surface area (Å²) >= 11 is 11.8. The fourth-order valence-corrected chi connectivity index (χ4v) is 2.23. The molecule has 0 radical (unpaired) electrons. The number of benzene rings is 1. The SMILES string of the molecule is CC(C)N(CCCO)C(=O)c1cc([N+](=O)[O-])cc(Cl)c1Cl. The van der Waals surface area contributed by atoms with Gasteiger partial charge in [-0.3, -0.25) is 14.9 Å². The molecule has 0 fully saturated rings. The summed E-state index contributed by atoms with van der Waals surface area (Å²) < 4.78 is 0. The zero-order chi connectivity index (χ0) is 16.2. The van der Waals surface area contributed by atoms with Crippen molar-refractivity contribution in [3.8, 4) is 0 Å². The van der Waals surface area contributed by atoms with E-state index in [1.807, 2.05) is 13.8 Å². The average Bonchev–Trinajstić information content (AvgIpc) is 2.41. The van der Waals surface area contributed by atoms with Gasteiger partial charge in [-0.1, -0.05) is 23.2 Å². The van der Waals surface area contributed by atoms with Crippen molar-refractivity contribution in [1.82, 2.24) is 4.90 Å². The number of carbonyl (C=O) groups is 1. The number of non-ortho nitro benzene ring substituents is 1. The van der Waals surface area contributed by atoms with Gasteiger partial charge in [0.25, 0.3) is 11.6 Å². The van der Waals surface area contributed by atoms with E-state index in [0.717, 1.165) is 12.1 Å². The number of nitrogens with zero attached hydrogens (tertiary/aromatic N) is 2. The van der Waals surface area contributed by atoms with Gasteiger partial charge in [-0.05, 0) is 20.3 Å². The lowest BCUT2D eigenvalue weighted by Gasteiger charge is -2.27. The summed E-state index contributed by atoms with van der Waals surface area (Å²) in [6.07, 6.45) is 0.407. The summed E-state index contributed by atoms with van der Waals surface area (Å²) in [4.78, 5) is 24.2. The molecule has 0 aliphatic heterocycles. The van der Waals surface area contributed by atoms with Crippen LogP contribution in [0.3, 0.4) is 0 Å². The van der Waals surface area contributed by atoms with Crippen LogP contribution >= 0.6 is 23.2 Å². The highest BCUT2D eigenvalue weighted by Crippen LogP contribution is 2.32. The van der Waals surface area contributed by atoms with E-state index >= 15 is 0 Å². The van der Waals surface area contributed by atoms with Crippen LogP contribution in [0.2, 0.25) is 10.0 Å². The van der Waals surface area contributed by atoms with E-state index in [4.69, 9.17) is 28.3 Å². The molecule has 0 bridgehead atoms. The minimum Gasteiger partial charge on any atom is -0.396 e. The lowest BCUT2D eigenvalue weighted by Crippen LogP contribution is -2.38. The van der Waals surface area contributed by atoms with Crippen molar-refractivity contribution in [1.29, 1.82) is 0 Å². The van der Waals surface area contributed by atoms with E-state index in [1.165, 1.54) is 4.90 Å². The largest absolute Gasteiger partial charge is 0.396 e. The maximum Gasteiger partial charge on any atom is 0.271 e. The molecule has 0 aliphatic rings. The fraction of sp³-hybridized carbons (Fsp3) is 0.462. The van der Waals surface area contributed by atoms with E-state index in [0.29, 0.717) is 13.0 Å². The third-order valence-electron chi connectivity index (χ3n) is 2.90. The van der Waals surface area contributed by atoms with Gasteiger partial charge in [-0.25, -0.2) is 0 Å². The molecule has 8 heteroatoms. The number of carbonyl (C=O) groups excluding carboxylic acids is 1. The summed E-state index contributed by atoms with van der Waals surface area (Å²) in [5.41, 5.74) is -0.305. The molecule has 0 spiro atoms. The Bertz CT molecular complexity index is 549. The molecule has 21 heavy (non-hydrogen) atoms. The molecule has 0 heterocycles. The van der Waals surface area contributed by atoms with Crippen LogP contribution < -0.4 is 0 Å². The quantitative estimate of drug-likeness (QED) is 0.639. The Morgan fingerprint density at radius 2 is 2.05 bits per heavy atom. The van der Waals surface area contributed by atoms with Gasteiger partial charge in [0.05, 0.1) is 20.5 Å². The number of hydrogen-bond donors (Lipinski definition) is 1. The van der Waals surface area contributed by atoms with Gasteiger partial charge in [-0.2, -0.15) is 0 Å². The van der Waals surface area contributed by atoms with Gasteiger partial charge in [-0.15, -0.1) is 0 Å². The van der Waals surface area contributed by atoms with E-state index < -0.39 is 10.8 Å². The van der Waals surface area contributed by atoms with Crippen LogP contribution in [-0.2, 0) is 0 Å². The molecule has 116 valence electrons. The molecular formula is C13H16Cl2N2O4. The normalized spacial score (nSPS) is 10.8. The molecule has 0 aromatic heterocycles. The molecule has 1 N–H and O–H groups in total. The monoisotopic (exact) mass is 334 g/mol. The molecule has 0 saturated carbocycles. The highest BCUT2D eigenvalue weighted by molar-refractivity contribution is 6.44. The molecule has 0 saturated heterocycles. The van der Waals surface area contributed by atoms with Crippen molar-refractivity contribution in [2.75, 3.05) is 13.2 Å². The second kappa shape index (κ2) is 7.59. The van der Waals surface area contributed by atoms with Crippen LogP contribution in [-0.4, -0.2) is 40.0 Å². The van der Waals surface area contributed by atoms with Crippen LogP contribution in [0, 0.1) is 10.1 Å². The second-order valence-electron chi connectivity index (χ2n) is 4.72. The molecular weight excluding hydrogens is 319 g/mol. The van der Waals surface area contributed by atoms with Gasteiger partial charge < -0.3 is 10.0 Å². The third-order valence-corrected chi connectivity index (χ3v) is 3.70. The first kappa shape index (κ1) is 17.7. The average molecular weight is 335 g/mol. The van der Waals surface area contributed by atoms with Gasteiger partial charge in [0.2, 0.25) is 0 Å². The van der Waals surface area contributed by atoms with Crippen molar-refractivity contribution >= 4 is 34.8 Å². The highest BCUT2D eigenvalue weighted by atomic mass is 35.5. The molecule has 6 nitrogen and oxygen atoms in total. The Morgan fingerprint density at radius 3 is 2.52 bits per heavy atom. The van der Waals surface area contributed by atoms with E-state index in [1.54, 1.807) is 0 Å². The summed E-state index contributed by atoms with van der Waals surface area (Å²) in [5, 5.41) is 19.7. The molecule has 1 rings (SSSR count). The lowest BCUT2D eigenvalue weighted by atomic mass is 10.1. The lowest BCUT2D eigenvalue weighted by molar-refractivity contribution is -0.384. The van der Waals surface area contributed by atoms with Crippen LogP contribution in [0.25, 0.3) is 0 Å². The van der Waals surface area contributed by atoms with Crippen LogP contribution in [0.4, 0.5) is 5.69 Å². The minimum absolute atomic E-state index is 0.0116. The number of nitro benzene ring substituents is 1. The molecule has 1 aromatic carbocycles. The molecule has 0 unspecified atom stereocenters. The smallest absolute Gasteiger partial charge is 0.271 e. The Labute approximate surface area is 132 Å². The van der Waals surface area contributed by atoms with Gasteiger partial charge in [0.15, 0.2) is 0 Å². The third kappa shape index (κ3) is 4.30. The fourth-order valence-electron chi connectivity index (χ4n) is 1.83. The zero-order valence-electron chi connectivity index (χ0n) is 11.7. The number of halogens is 2. The Balaban J connectivity index is 3.23. The van der Waals surface area contributed by atoms with Crippen molar-refractivity contribution in [2.45, 2.75) is 26.3 Å². The maximum absolute atomic E-state index is 12.5. The summed E-state index contributed by atoms with van der Waals surface area (Å²) in [5.74, 6) is -0.450. The number of nitro groups is 1. The number of hydrogen-bond acceptors (Lipinski definition) is 4. The zero-order valence-corrected chi connectivity index (χ0v) is 13.2. The van der Waals surface area contributed by atoms with Crippen molar-refractivity contribution in [2.24, 2.45) is 0 Å². The van der Waals surface area contributed by atoms with Gasteiger partial charge >= 0.3 is 0 Å². The number of rotatable bonds is 6. The number of amides is 1. The standard InChI is InChI=1S/C13H16Cl2N2O4/c1-8(2)16(4-3-5-18)13(19)10-6-9(17(20)21)7-11(14)12(10)15/h6-8,18H,3-5H2,1-2H3. The van der Waals surface area contributed by atoms with E-state index in [2.05, 4.69) is 0 Å². The molecule has 0 atom stereocenters. The maximum atomic E-state index is 12.5. The van der Waals surface area contributed by atoms with Gasteiger partial charge in [0, 0.05) is 31.3 Å². The minimum atomic E-state index is -0.633. The molecule has 0 aliphatic carbocycles. The highest BCUT2D eigenvalue weighted by Gasteiger charge is 2.24. The Morgan fingerprint density at radius 1 is 1.43 bits per heavy atom. The summed E-state index contributed by atoms with van der Waals surface area (Å²) in [7, 11) is 0. The van der Waals surface area contributed by atoms with Gasteiger partial charge in [0.1, 0.15) is 0 Å². The molecule has 1 aromatic rings. The van der Waals surface area contributed by atoms with E-state index in [9.17, 15) is 14.9 Å². The summed E-state index contributed by atoms with van der Waals surface area (Å²) in [6, 6.07) is 2.08. The van der Waals surface area contributed by atoms with E-state index in [-0.39, 0.29) is 33.9 Å². The van der Waals surface area contributed by atoms with Crippen LogP contribution in [0.1, 0.15) is 30.6 Å². The summed E-state index contributed by atoms with van der Waals surface area (Å²) in [6.45, 7) is 3.88. The van der Waals surface area contributed by atoms with Crippen molar-refractivity contribution in [3.05, 3.63) is 37.9 Å². The van der Waals surface area contributed by atoms with Crippen LogP contribution in [0.5, 0.6) is 0 Å². The van der Waals surface area contributed by atoms with Crippen LogP contribution in [0.15, 0.2) is 12.1 Å². The first-order valence-corrected chi connectivity index (χ1v) is 7.10. The number of aliphatic hydroxyl groups is 1. The first-order valence-electron chi connectivity index (χ1n) is 6.34. The predicted octanol–water partition coefficient (Wildman–Crippen LogP) is 3.13. The van der Waals surface area contributed by atoms with Crippen molar-refractivity contribution < 1.29 is 14.8 Å². The molecule has 1 amide bonds.